The fourth-order valence-electron chi connectivity index (χ4n) is 5.12. The van der Waals surface area contributed by atoms with Crippen molar-refractivity contribution in [2.45, 2.75) is 39.2 Å². The molecule has 0 N–H and O–H groups in total. The van der Waals surface area contributed by atoms with Gasteiger partial charge in [0.15, 0.2) is 11.5 Å². The van der Waals surface area contributed by atoms with E-state index >= 15 is 0 Å². The van der Waals surface area contributed by atoms with Gasteiger partial charge in [0.05, 0.1) is 20.8 Å². The largest absolute Gasteiger partial charge is 0.493 e. The average molecular weight is 627 g/mol. The summed E-state index contributed by atoms with van der Waals surface area (Å²) >= 11 is 3.47. The Labute approximate surface area is 251 Å². The van der Waals surface area contributed by atoms with Crippen LogP contribution in [0.3, 0.4) is 0 Å². The molecule has 2 heterocycles. The SMILES string of the molecule is COc1ccc(CCN(Cc2ccc(C)o2)C(=O)CN(CCN2CCCCC2)C(=O)c2cccc(Br)c2)cc1OC. The third-order valence-electron chi connectivity index (χ3n) is 7.43. The highest BCUT2D eigenvalue weighted by atomic mass is 79.9. The van der Waals surface area contributed by atoms with Crippen molar-refractivity contribution in [2.24, 2.45) is 0 Å². The summed E-state index contributed by atoms with van der Waals surface area (Å²) in [5.41, 5.74) is 1.58. The van der Waals surface area contributed by atoms with Crippen molar-refractivity contribution in [1.29, 1.82) is 0 Å². The quantitative estimate of drug-likeness (QED) is 0.247. The first kappa shape index (κ1) is 30.7. The van der Waals surface area contributed by atoms with Crippen LogP contribution in [0.4, 0.5) is 0 Å². The third-order valence-corrected chi connectivity index (χ3v) is 7.93. The zero-order valence-electron chi connectivity index (χ0n) is 24.2. The van der Waals surface area contributed by atoms with Crippen LogP contribution < -0.4 is 9.47 Å². The van der Waals surface area contributed by atoms with E-state index in [0.717, 1.165) is 35.4 Å². The highest BCUT2D eigenvalue weighted by molar-refractivity contribution is 9.10. The number of furan rings is 1. The molecule has 0 saturated carbocycles. The van der Waals surface area contributed by atoms with Crippen molar-refractivity contribution >= 4 is 27.7 Å². The summed E-state index contributed by atoms with van der Waals surface area (Å²) < 4.78 is 17.5. The van der Waals surface area contributed by atoms with E-state index in [2.05, 4.69) is 20.8 Å². The van der Waals surface area contributed by atoms with Crippen LogP contribution in [0.5, 0.6) is 11.5 Å². The predicted octanol–water partition coefficient (Wildman–Crippen LogP) is 5.57. The highest BCUT2D eigenvalue weighted by Gasteiger charge is 2.24. The van der Waals surface area contributed by atoms with E-state index < -0.39 is 0 Å². The van der Waals surface area contributed by atoms with Gasteiger partial charge >= 0.3 is 0 Å². The molecule has 0 bridgehead atoms. The monoisotopic (exact) mass is 625 g/mol. The lowest BCUT2D eigenvalue weighted by atomic mass is 10.1. The zero-order chi connectivity index (χ0) is 29.2. The number of methoxy groups -OCH3 is 2. The van der Waals surface area contributed by atoms with Crippen LogP contribution in [-0.2, 0) is 17.8 Å². The Morgan fingerprint density at radius 2 is 1.71 bits per heavy atom. The van der Waals surface area contributed by atoms with Crippen molar-refractivity contribution < 1.29 is 23.5 Å². The summed E-state index contributed by atoms with van der Waals surface area (Å²) in [6, 6.07) is 16.9. The van der Waals surface area contributed by atoms with Gasteiger partial charge in [-0.1, -0.05) is 34.5 Å². The van der Waals surface area contributed by atoms with Gasteiger partial charge in [-0.25, -0.2) is 0 Å². The predicted molar refractivity (Wildman–Crippen MR) is 162 cm³/mol. The van der Waals surface area contributed by atoms with E-state index in [1.807, 2.05) is 49.4 Å². The normalized spacial score (nSPS) is 13.6. The molecule has 8 nitrogen and oxygen atoms in total. The molecule has 1 aliphatic heterocycles. The van der Waals surface area contributed by atoms with Crippen molar-refractivity contribution in [3.63, 3.8) is 0 Å². The first-order chi connectivity index (χ1) is 19.9. The number of hydrogen-bond acceptors (Lipinski definition) is 6. The lowest BCUT2D eigenvalue weighted by Crippen LogP contribution is -2.46. The number of rotatable bonds is 13. The van der Waals surface area contributed by atoms with Crippen LogP contribution >= 0.6 is 15.9 Å². The minimum absolute atomic E-state index is 0.00912. The first-order valence-corrected chi connectivity index (χ1v) is 15.0. The van der Waals surface area contributed by atoms with Crippen LogP contribution in [0.25, 0.3) is 0 Å². The van der Waals surface area contributed by atoms with Gasteiger partial charge < -0.3 is 28.6 Å². The number of carbonyl (C=O) groups is 2. The molecule has 3 aromatic rings. The maximum absolute atomic E-state index is 13.9. The zero-order valence-corrected chi connectivity index (χ0v) is 25.8. The second-order valence-corrected chi connectivity index (χ2v) is 11.3. The van der Waals surface area contributed by atoms with Gasteiger partial charge in [0.1, 0.15) is 18.1 Å². The summed E-state index contributed by atoms with van der Waals surface area (Å²) in [6.45, 7) is 5.95. The lowest BCUT2D eigenvalue weighted by molar-refractivity contribution is -0.132. The Kier molecular flexibility index (Phi) is 11.3. The van der Waals surface area contributed by atoms with Crippen LogP contribution in [0.1, 0.15) is 46.7 Å². The maximum Gasteiger partial charge on any atom is 0.254 e. The van der Waals surface area contributed by atoms with Crippen molar-refractivity contribution in [2.75, 3.05) is 53.5 Å². The van der Waals surface area contributed by atoms with Gasteiger partial charge in [-0.15, -0.1) is 0 Å². The van der Waals surface area contributed by atoms with E-state index in [1.54, 1.807) is 36.2 Å². The fraction of sp³-hybridized carbons (Fsp3) is 0.438. The first-order valence-electron chi connectivity index (χ1n) is 14.2. The smallest absolute Gasteiger partial charge is 0.254 e. The van der Waals surface area contributed by atoms with E-state index in [0.29, 0.717) is 48.9 Å². The van der Waals surface area contributed by atoms with Gasteiger partial charge in [0.2, 0.25) is 5.91 Å². The molecule has 0 aliphatic carbocycles. The molecule has 0 spiro atoms. The molecule has 4 rings (SSSR count). The molecular weight excluding hydrogens is 586 g/mol. The third kappa shape index (κ3) is 8.84. The molecule has 1 aromatic heterocycles. The van der Waals surface area contributed by atoms with Gasteiger partial charge in [0, 0.05) is 29.7 Å². The molecule has 2 aromatic carbocycles. The van der Waals surface area contributed by atoms with Gasteiger partial charge in [-0.05, 0) is 87.3 Å². The van der Waals surface area contributed by atoms with Crippen LogP contribution in [-0.4, -0.2) is 80.0 Å². The number of amides is 2. The molecular formula is C32H40BrN3O5. The number of benzene rings is 2. The number of ether oxygens (including phenoxy) is 2. The second kappa shape index (κ2) is 15.1. The van der Waals surface area contributed by atoms with Crippen molar-refractivity contribution in [3.05, 3.63) is 81.7 Å². The maximum atomic E-state index is 13.9. The summed E-state index contributed by atoms with van der Waals surface area (Å²) in [4.78, 5) is 33.4. The molecule has 1 aliphatic rings. The van der Waals surface area contributed by atoms with E-state index in [4.69, 9.17) is 13.9 Å². The Morgan fingerprint density at radius 1 is 0.927 bits per heavy atom. The minimum Gasteiger partial charge on any atom is -0.493 e. The average Bonchev–Trinajstić information content (AvgIpc) is 3.41. The van der Waals surface area contributed by atoms with Gasteiger partial charge in [-0.2, -0.15) is 0 Å². The molecule has 0 atom stereocenters. The molecule has 1 fully saturated rings. The van der Waals surface area contributed by atoms with Crippen molar-refractivity contribution in [3.8, 4) is 11.5 Å². The standard InChI is InChI=1S/C32H40BrN3O5/c1-24-10-12-28(41-24)22-35(17-14-25-11-13-29(39-2)30(20-25)40-3)31(37)23-36(19-18-34-15-5-4-6-16-34)32(38)26-8-7-9-27(33)21-26/h7-13,20-21H,4-6,14-19,22-23H2,1-3H3. The fourth-order valence-corrected chi connectivity index (χ4v) is 5.51. The number of piperidine rings is 1. The summed E-state index contributed by atoms with van der Waals surface area (Å²) in [5.74, 6) is 2.53. The van der Waals surface area contributed by atoms with Gasteiger partial charge in [-0.3, -0.25) is 9.59 Å². The number of likely N-dealkylation sites (tertiary alicyclic amines) is 1. The summed E-state index contributed by atoms with van der Waals surface area (Å²) in [7, 11) is 3.22. The Bertz CT molecular complexity index is 1300. The molecule has 41 heavy (non-hydrogen) atoms. The van der Waals surface area contributed by atoms with Crippen LogP contribution in [0.2, 0.25) is 0 Å². The molecule has 2 amide bonds. The highest BCUT2D eigenvalue weighted by Crippen LogP contribution is 2.28. The lowest BCUT2D eigenvalue weighted by Gasteiger charge is -2.31. The van der Waals surface area contributed by atoms with Gasteiger partial charge in [0.25, 0.3) is 5.91 Å². The van der Waals surface area contributed by atoms with E-state index in [9.17, 15) is 9.59 Å². The molecule has 220 valence electrons. The molecule has 9 heteroatoms. The molecule has 0 unspecified atom stereocenters. The Hall–Kier alpha value is -3.30. The number of nitrogens with zero attached hydrogens (tertiary/aromatic N) is 3. The Morgan fingerprint density at radius 3 is 2.39 bits per heavy atom. The number of carbonyl (C=O) groups excluding carboxylic acids is 2. The molecule has 1 saturated heterocycles. The summed E-state index contributed by atoms with van der Waals surface area (Å²) in [6.07, 6.45) is 4.20. The number of aryl methyl sites for hydroxylation is 1. The minimum atomic E-state index is -0.148. The number of halogens is 1. The second-order valence-electron chi connectivity index (χ2n) is 10.4. The molecule has 0 radical (unpaired) electrons. The van der Waals surface area contributed by atoms with Crippen LogP contribution in [0, 0.1) is 6.92 Å². The van der Waals surface area contributed by atoms with Crippen molar-refractivity contribution in [1.82, 2.24) is 14.7 Å². The number of hydrogen-bond donors (Lipinski definition) is 0. The summed E-state index contributed by atoms with van der Waals surface area (Å²) in [5, 5.41) is 0. The topological polar surface area (TPSA) is 75.5 Å². The Balaban J connectivity index is 1.52. The van der Waals surface area contributed by atoms with E-state index in [-0.39, 0.29) is 18.4 Å². The van der Waals surface area contributed by atoms with Crippen LogP contribution in [0.15, 0.2) is 63.5 Å². The van der Waals surface area contributed by atoms with E-state index in [1.165, 1.54) is 19.3 Å².